The maximum absolute atomic E-state index is 6.46. The molecule has 2 rings (SSSR count). The van der Waals surface area contributed by atoms with E-state index in [0.29, 0.717) is 11.5 Å². The van der Waals surface area contributed by atoms with E-state index in [0.717, 1.165) is 18.0 Å². The standard InChI is InChI=1S/C18H29ClN2/c1-4-16(20)17(14-7-9-15(19)10-8-14)21-12-11-18(5-2,6-3)13-21/h7-10,16-17H,4-6,11-13,20H2,1-3H3. The highest BCUT2D eigenvalue weighted by molar-refractivity contribution is 6.30. The summed E-state index contributed by atoms with van der Waals surface area (Å²) < 4.78 is 0. The van der Waals surface area contributed by atoms with E-state index in [-0.39, 0.29) is 6.04 Å². The average Bonchev–Trinajstić information content (AvgIpc) is 2.94. The molecule has 0 spiro atoms. The van der Waals surface area contributed by atoms with Crippen LogP contribution in [0.25, 0.3) is 0 Å². The number of rotatable bonds is 6. The van der Waals surface area contributed by atoms with Crippen LogP contribution in [0.3, 0.4) is 0 Å². The molecule has 1 aliphatic heterocycles. The summed E-state index contributed by atoms with van der Waals surface area (Å²) in [5.74, 6) is 0. The third kappa shape index (κ3) is 3.61. The minimum absolute atomic E-state index is 0.177. The topological polar surface area (TPSA) is 29.3 Å². The number of hydrogen-bond acceptors (Lipinski definition) is 2. The maximum Gasteiger partial charge on any atom is 0.0499 e. The van der Waals surface area contributed by atoms with Gasteiger partial charge < -0.3 is 5.73 Å². The van der Waals surface area contributed by atoms with Crippen molar-refractivity contribution >= 4 is 11.6 Å². The van der Waals surface area contributed by atoms with Gasteiger partial charge in [0.2, 0.25) is 0 Å². The van der Waals surface area contributed by atoms with Gasteiger partial charge in [-0.15, -0.1) is 0 Å². The Balaban J connectivity index is 2.24. The first-order chi connectivity index (χ1) is 10.0. The van der Waals surface area contributed by atoms with Crippen LogP contribution in [0.4, 0.5) is 0 Å². The molecule has 1 saturated heterocycles. The van der Waals surface area contributed by atoms with Crippen LogP contribution in [-0.2, 0) is 0 Å². The van der Waals surface area contributed by atoms with Crippen LogP contribution in [0.2, 0.25) is 5.02 Å². The van der Waals surface area contributed by atoms with Crippen molar-refractivity contribution in [3.8, 4) is 0 Å². The Kier molecular flexibility index (Phi) is 5.70. The zero-order valence-corrected chi connectivity index (χ0v) is 14.4. The lowest BCUT2D eigenvalue weighted by Crippen LogP contribution is -2.40. The second-order valence-electron chi connectivity index (χ2n) is 6.50. The molecule has 0 amide bonds. The van der Waals surface area contributed by atoms with Crippen molar-refractivity contribution in [2.24, 2.45) is 11.1 Å². The van der Waals surface area contributed by atoms with Gasteiger partial charge in [-0.3, -0.25) is 4.90 Å². The van der Waals surface area contributed by atoms with Gasteiger partial charge in [0.25, 0.3) is 0 Å². The van der Waals surface area contributed by atoms with Gasteiger partial charge >= 0.3 is 0 Å². The molecule has 0 bridgehead atoms. The smallest absolute Gasteiger partial charge is 0.0499 e. The van der Waals surface area contributed by atoms with Crippen LogP contribution < -0.4 is 5.73 Å². The highest BCUT2D eigenvalue weighted by Crippen LogP contribution is 2.41. The monoisotopic (exact) mass is 308 g/mol. The van der Waals surface area contributed by atoms with E-state index in [2.05, 4.69) is 37.8 Å². The van der Waals surface area contributed by atoms with Gasteiger partial charge in [0.05, 0.1) is 0 Å². The molecule has 2 nitrogen and oxygen atoms in total. The molecule has 3 heteroatoms. The van der Waals surface area contributed by atoms with Gasteiger partial charge in [-0.25, -0.2) is 0 Å². The molecule has 1 aromatic carbocycles. The van der Waals surface area contributed by atoms with Gasteiger partial charge in [-0.1, -0.05) is 44.5 Å². The number of benzene rings is 1. The second kappa shape index (κ2) is 7.13. The molecular formula is C18H29ClN2. The number of hydrogen-bond donors (Lipinski definition) is 1. The fourth-order valence-corrected chi connectivity index (χ4v) is 3.77. The first-order valence-corrected chi connectivity index (χ1v) is 8.68. The van der Waals surface area contributed by atoms with Crippen LogP contribution in [0.1, 0.15) is 58.1 Å². The predicted molar refractivity (Wildman–Crippen MR) is 91.7 cm³/mol. The summed E-state index contributed by atoms with van der Waals surface area (Å²) >= 11 is 6.03. The van der Waals surface area contributed by atoms with Gasteiger partial charge in [-0.05, 0) is 55.3 Å². The summed E-state index contributed by atoms with van der Waals surface area (Å²) in [6.45, 7) is 9.15. The Hall–Kier alpha value is -0.570. The quantitative estimate of drug-likeness (QED) is 0.830. The molecule has 21 heavy (non-hydrogen) atoms. The Bertz CT molecular complexity index is 439. The van der Waals surface area contributed by atoms with Crippen LogP contribution in [-0.4, -0.2) is 24.0 Å². The van der Waals surface area contributed by atoms with Crippen molar-refractivity contribution in [3.63, 3.8) is 0 Å². The first kappa shape index (κ1) is 16.8. The lowest BCUT2D eigenvalue weighted by atomic mass is 9.82. The van der Waals surface area contributed by atoms with E-state index in [1.165, 1.54) is 31.4 Å². The zero-order valence-electron chi connectivity index (χ0n) is 13.6. The molecule has 1 aliphatic rings. The minimum Gasteiger partial charge on any atom is -0.326 e. The fraction of sp³-hybridized carbons (Fsp3) is 0.667. The molecule has 0 aliphatic carbocycles. The van der Waals surface area contributed by atoms with Crippen LogP contribution in [0.5, 0.6) is 0 Å². The average molecular weight is 309 g/mol. The van der Waals surface area contributed by atoms with Gasteiger partial charge in [0.15, 0.2) is 0 Å². The van der Waals surface area contributed by atoms with E-state index in [4.69, 9.17) is 17.3 Å². The summed E-state index contributed by atoms with van der Waals surface area (Å²) in [4.78, 5) is 2.60. The SMILES string of the molecule is CCC(N)C(c1ccc(Cl)cc1)N1CCC(CC)(CC)C1. The molecule has 2 N–H and O–H groups in total. The molecule has 1 heterocycles. The molecule has 2 atom stereocenters. The van der Waals surface area contributed by atoms with Gasteiger partial charge in [0, 0.05) is 23.7 Å². The summed E-state index contributed by atoms with van der Waals surface area (Å²) in [5, 5.41) is 0.792. The largest absolute Gasteiger partial charge is 0.326 e. The molecule has 1 aromatic rings. The van der Waals surface area contributed by atoms with E-state index >= 15 is 0 Å². The number of nitrogens with zero attached hydrogens (tertiary/aromatic N) is 1. The highest BCUT2D eigenvalue weighted by atomic mass is 35.5. The van der Waals surface area contributed by atoms with E-state index in [1.54, 1.807) is 0 Å². The number of nitrogens with two attached hydrogens (primary N) is 1. The zero-order chi connectivity index (χ0) is 15.5. The molecular weight excluding hydrogens is 280 g/mol. The first-order valence-electron chi connectivity index (χ1n) is 8.30. The van der Waals surface area contributed by atoms with Crippen molar-refractivity contribution in [3.05, 3.63) is 34.9 Å². The maximum atomic E-state index is 6.46. The second-order valence-corrected chi connectivity index (χ2v) is 6.93. The van der Waals surface area contributed by atoms with E-state index < -0.39 is 0 Å². The lowest BCUT2D eigenvalue weighted by molar-refractivity contribution is 0.172. The van der Waals surface area contributed by atoms with Crippen molar-refractivity contribution in [2.75, 3.05) is 13.1 Å². The lowest BCUT2D eigenvalue weighted by Gasteiger charge is -2.35. The predicted octanol–water partition coefficient (Wildman–Crippen LogP) is 4.63. The van der Waals surface area contributed by atoms with E-state index in [1.807, 2.05) is 12.1 Å². The van der Waals surface area contributed by atoms with Crippen molar-refractivity contribution < 1.29 is 0 Å². The van der Waals surface area contributed by atoms with Gasteiger partial charge in [0.1, 0.15) is 0 Å². The molecule has 2 unspecified atom stereocenters. The van der Waals surface area contributed by atoms with Gasteiger partial charge in [-0.2, -0.15) is 0 Å². The fourth-order valence-electron chi connectivity index (χ4n) is 3.65. The Morgan fingerprint density at radius 1 is 1.19 bits per heavy atom. The summed E-state index contributed by atoms with van der Waals surface area (Å²) in [7, 11) is 0. The highest BCUT2D eigenvalue weighted by Gasteiger charge is 2.39. The van der Waals surface area contributed by atoms with Crippen molar-refractivity contribution in [2.45, 2.75) is 58.5 Å². The summed E-state index contributed by atoms with van der Waals surface area (Å²) in [6.07, 6.45) is 4.80. The molecule has 118 valence electrons. The van der Waals surface area contributed by atoms with Crippen LogP contribution >= 0.6 is 11.6 Å². The molecule has 0 aromatic heterocycles. The molecule has 0 radical (unpaired) electrons. The summed E-state index contributed by atoms with van der Waals surface area (Å²) in [5.41, 5.74) is 8.25. The van der Waals surface area contributed by atoms with Crippen molar-refractivity contribution in [1.29, 1.82) is 0 Å². The van der Waals surface area contributed by atoms with Crippen LogP contribution in [0.15, 0.2) is 24.3 Å². The molecule has 1 fully saturated rings. The minimum atomic E-state index is 0.177. The Labute approximate surface area is 134 Å². The van der Waals surface area contributed by atoms with E-state index in [9.17, 15) is 0 Å². The summed E-state index contributed by atoms with van der Waals surface area (Å²) in [6, 6.07) is 8.73. The third-order valence-corrected chi connectivity index (χ3v) is 5.70. The van der Waals surface area contributed by atoms with Crippen LogP contribution in [0, 0.1) is 5.41 Å². The third-order valence-electron chi connectivity index (χ3n) is 5.45. The number of likely N-dealkylation sites (tertiary alicyclic amines) is 1. The Morgan fingerprint density at radius 2 is 1.81 bits per heavy atom. The normalized spacial score (nSPS) is 21.4. The number of halogens is 1. The van der Waals surface area contributed by atoms with Crippen molar-refractivity contribution in [1.82, 2.24) is 4.90 Å². The Morgan fingerprint density at radius 3 is 2.29 bits per heavy atom. The molecule has 0 saturated carbocycles.